The number of rotatable bonds is 2. The van der Waals surface area contributed by atoms with Gasteiger partial charge in [0.1, 0.15) is 0 Å². The summed E-state index contributed by atoms with van der Waals surface area (Å²) in [5.74, 6) is -0.132. The van der Waals surface area contributed by atoms with E-state index in [-0.39, 0.29) is 41.7 Å². The number of nitrogens with two attached hydrogens (primary N) is 1. The van der Waals surface area contributed by atoms with Crippen LogP contribution in [0.1, 0.15) is 13.3 Å². The molecule has 1 radical (unpaired) electrons. The molecule has 0 aromatic carbocycles. The van der Waals surface area contributed by atoms with Crippen LogP contribution in [0.3, 0.4) is 0 Å². The summed E-state index contributed by atoms with van der Waals surface area (Å²) in [4.78, 5) is 8.58. The predicted octanol–water partition coefficient (Wildman–Crippen LogP) is -0.995. The molecule has 0 saturated heterocycles. The normalized spacial score (nSPS) is 8.55. The maximum absolute atomic E-state index is 9.79. The van der Waals surface area contributed by atoms with Crippen LogP contribution in [0.4, 0.5) is 0 Å². The van der Waals surface area contributed by atoms with Crippen molar-refractivity contribution in [2.24, 2.45) is 5.73 Å². The van der Waals surface area contributed by atoms with E-state index < -0.39 is 10.1 Å². The molecule has 11 heavy (non-hydrogen) atoms. The minimum atomic E-state index is -3.67. The molecule has 7 heteroatoms. The Morgan fingerprint density at radius 2 is 1.82 bits per heavy atom. The molecule has 0 saturated carbocycles. The van der Waals surface area contributed by atoms with E-state index in [1.165, 1.54) is 0 Å². The molecule has 0 bridgehead atoms. The first-order valence-corrected chi connectivity index (χ1v) is 4.19. The van der Waals surface area contributed by atoms with Gasteiger partial charge in [0.2, 0.25) is 6.41 Å². The fraction of sp³-hybridized carbons (Fsp3) is 0.750. The summed E-state index contributed by atoms with van der Waals surface area (Å²) in [6.07, 6.45) is 0.721. The van der Waals surface area contributed by atoms with Crippen LogP contribution < -0.4 is 5.73 Å². The monoisotopic (exact) mass is 192 g/mol. The molecule has 0 aromatic rings. The zero-order chi connectivity index (χ0) is 8.62. The third-order valence-corrected chi connectivity index (χ3v) is 1.39. The molecule has 0 aliphatic carbocycles. The smallest absolute Gasteiger partial charge is 0.264 e. The topological polar surface area (TPSA) is 97.5 Å². The van der Waals surface area contributed by atoms with Crippen molar-refractivity contribution in [3.8, 4) is 0 Å². The fourth-order valence-electron chi connectivity index (χ4n) is 0.258. The number of amides is 1. The van der Waals surface area contributed by atoms with Crippen LogP contribution in [-0.4, -0.2) is 54.7 Å². The Bertz CT molecular complexity index is 167. The average Bonchev–Trinajstić information content (AvgIpc) is 1.63. The number of hydrogen-bond acceptors (Lipinski definition) is 3. The van der Waals surface area contributed by atoms with Crippen molar-refractivity contribution in [3.63, 3.8) is 0 Å². The largest absolute Gasteiger partial charge is 0.372 e. The number of primary amides is 1. The number of carbonyl (C=O) groups excluding carboxylic acids is 1. The Labute approximate surface area is 88.4 Å². The number of carbonyl (C=O) groups is 1. The van der Waals surface area contributed by atoms with Crippen LogP contribution in [0.5, 0.6) is 0 Å². The molecule has 0 aliphatic rings. The third-order valence-electron chi connectivity index (χ3n) is 0.462. The third kappa shape index (κ3) is 38.0. The first-order chi connectivity index (χ1) is 4.47. The van der Waals surface area contributed by atoms with E-state index in [9.17, 15) is 8.42 Å². The van der Waals surface area contributed by atoms with E-state index in [0.717, 1.165) is 0 Å². The molecule has 3 N–H and O–H groups in total. The molecular weight excluding hydrogens is 181 g/mol. The fourth-order valence-corrected chi connectivity index (χ4v) is 0.774. The molecule has 5 nitrogen and oxygen atoms in total. The van der Waals surface area contributed by atoms with Gasteiger partial charge >= 0.3 is 0 Å². The van der Waals surface area contributed by atoms with E-state index in [1.807, 2.05) is 0 Å². The second-order valence-corrected chi connectivity index (χ2v) is 2.99. The maximum atomic E-state index is 9.79. The maximum Gasteiger partial charge on any atom is 0.264 e. The summed E-state index contributed by atoms with van der Waals surface area (Å²) in [7, 11) is -3.67. The van der Waals surface area contributed by atoms with Crippen LogP contribution >= 0.6 is 0 Å². The van der Waals surface area contributed by atoms with E-state index in [2.05, 4.69) is 5.73 Å². The zero-order valence-corrected chi connectivity index (χ0v) is 9.47. The van der Waals surface area contributed by atoms with Gasteiger partial charge in [0.25, 0.3) is 10.1 Å². The van der Waals surface area contributed by atoms with Gasteiger partial charge in [0.05, 0.1) is 5.75 Å². The second-order valence-electron chi connectivity index (χ2n) is 1.42. The van der Waals surface area contributed by atoms with E-state index in [1.54, 1.807) is 6.92 Å². The molecule has 0 fully saturated rings. The molecule has 0 atom stereocenters. The van der Waals surface area contributed by atoms with Gasteiger partial charge in [-0.3, -0.25) is 9.35 Å². The van der Waals surface area contributed by atoms with Crippen LogP contribution in [0.25, 0.3) is 0 Å². The second kappa shape index (κ2) is 10.4. The van der Waals surface area contributed by atoms with Crippen molar-refractivity contribution in [1.82, 2.24) is 0 Å². The van der Waals surface area contributed by atoms with Crippen LogP contribution in [0.2, 0.25) is 0 Å². The van der Waals surface area contributed by atoms with Crippen LogP contribution in [0, 0.1) is 0 Å². The van der Waals surface area contributed by atoms with E-state index in [0.29, 0.717) is 6.42 Å². The van der Waals surface area contributed by atoms with Gasteiger partial charge in [0.15, 0.2) is 0 Å². The average molecular weight is 192 g/mol. The molecule has 0 rings (SSSR count). The Kier molecular flexibility index (Phi) is 16.5. The standard InChI is InChI=1S/C3H8O3S.CH3NO.Na/c1-2-3-7(4,5)6;2-1-3;/h2-3H2,1H3,(H,4,5,6);1H,(H2,2,3);. The molecule has 0 unspecified atom stereocenters. The molecule has 0 aromatic heterocycles. The summed E-state index contributed by atoms with van der Waals surface area (Å²) in [6, 6.07) is 0. The Balaban J connectivity index is -0.000000140. The van der Waals surface area contributed by atoms with Crippen molar-refractivity contribution < 1.29 is 17.8 Å². The van der Waals surface area contributed by atoms with Gasteiger partial charge in [-0.05, 0) is 6.42 Å². The minimum absolute atomic E-state index is 0. The van der Waals surface area contributed by atoms with Crippen molar-refractivity contribution in [3.05, 3.63) is 0 Å². The van der Waals surface area contributed by atoms with E-state index in [4.69, 9.17) is 9.35 Å². The first-order valence-electron chi connectivity index (χ1n) is 2.58. The van der Waals surface area contributed by atoms with Gasteiger partial charge in [0, 0.05) is 29.6 Å². The summed E-state index contributed by atoms with van der Waals surface area (Å²) in [6.45, 7) is 1.69. The van der Waals surface area contributed by atoms with Gasteiger partial charge < -0.3 is 5.73 Å². The predicted molar refractivity (Wildman–Crippen MR) is 42.7 cm³/mol. The number of hydrogen-bond donors (Lipinski definition) is 2. The first kappa shape index (κ1) is 17.5. The van der Waals surface area contributed by atoms with Gasteiger partial charge in [-0.25, -0.2) is 0 Å². The van der Waals surface area contributed by atoms with Crippen LogP contribution in [-0.2, 0) is 14.9 Å². The van der Waals surface area contributed by atoms with Gasteiger partial charge in [-0.1, -0.05) is 6.92 Å². The molecule has 0 heterocycles. The molecule has 1 amide bonds. The SMILES string of the molecule is CCCS(=O)(=O)O.NC=O.[Na]. The van der Waals surface area contributed by atoms with Gasteiger partial charge in [-0.15, -0.1) is 0 Å². The van der Waals surface area contributed by atoms with Crippen molar-refractivity contribution in [1.29, 1.82) is 0 Å². The molecular formula is C4H11NNaO4S. The Morgan fingerprint density at radius 3 is 1.82 bits per heavy atom. The minimum Gasteiger partial charge on any atom is -0.372 e. The quantitative estimate of drug-likeness (QED) is 0.333. The Morgan fingerprint density at radius 1 is 1.55 bits per heavy atom. The summed E-state index contributed by atoms with van der Waals surface area (Å²) < 4.78 is 27.6. The van der Waals surface area contributed by atoms with Crippen LogP contribution in [0.15, 0.2) is 0 Å². The summed E-state index contributed by atoms with van der Waals surface area (Å²) in [5, 5.41) is 0. The van der Waals surface area contributed by atoms with Gasteiger partial charge in [-0.2, -0.15) is 8.42 Å². The van der Waals surface area contributed by atoms with Crippen molar-refractivity contribution in [2.75, 3.05) is 5.75 Å². The zero-order valence-electron chi connectivity index (χ0n) is 6.65. The van der Waals surface area contributed by atoms with Crippen molar-refractivity contribution >= 4 is 46.1 Å². The molecule has 63 valence electrons. The van der Waals surface area contributed by atoms with Crippen molar-refractivity contribution in [2.45, 2.75) is 13.3 Å². The molecule has 0 aliphatic heterocycles. The summed E-state index contributed by atoms with van der Waals surface area (Å²) >= 11 is 0. The van der Waals surface area contributed by atoms with E-state index >= 15 is 0 Å². The Hall–Kier alpha value is 0.380. The molecule has 0 spiro atoms. The summed E-state index contributed by atoms with van der Waals surface area (Å²) in [5.41, 5.74) is 4.17.